The Hall–Kier alpha value is -2.27. The van der Waals surface area contributed by atoms with Crippen LogP contribution in [0.3, 0.4) is 0 Å². The molecular weight excluding hydrogens is 507 g/mol. The molecule has 0 bridgehead atoms. The lowest BCUT2D eigenvalue weighted by Crippen LogP contribution is -2.16. The molecule has 176 valence electrons. The maximum atomic E-state index is 12.5. The molecule has 2 aromatic heterocycles. The molecule has 12 heteroatoms. The highest BCUT2D eigenvalue weighted by Gasteiger charge is 2.21. The summed E-state index contributed by atoms with van der Waals surface area (Å²) in [5, 5.41) is 13.2. The third kappa shape index (κ3) is 6.20. The van der Waals surface area contributed by atoms with Gasteiger partial charge in [0.05, 0.1) is 23.4 Å². The number of esters is 1. The molecular formula is C21H22Cl2N4O4S2. The number of thiophene rings is 1. The number of anilines is 1. The van der Waals surface area contributed by atoms with E-state index >= 15 is 0 Å². The number of hydrogen-bond donors (Lipinski definition) is 1. The number of carbonyl (C=O) groups excluding carboxylic acids is 2. The summed E-state index contributed by atoms with van der Waals surface area (Å²) < 4.78 is 12.6. The van der Waals surface area contributed by atoms with E-state index in [9.17, 15) is 9.59 Å². The summed E-state index contributed by atoms with van der Waals surface area (Å²) in [5.41, 5.74) is 0.336. The molecule has 0 spiro atoms. The van der Waals surface area contributed by atoms with Crippen LogP contribution < -0.4 is 10.1 Å². The fraction of sp³-hybridized carbons (Fsp3) is 0.333. The minimum atomic E-state index is -0.494. The van der Waals surface area contributed by atoms with Gasteiger partial charge < -0.3 is 19.4 Å². The lowest BCUT2D eigenvalue weighted by Gasteiger charge is -2.16. The maximum Gasteiger partial charge on any atom is 0.340 e. The Kier molecular flexibility index (Phi) is 8.63. The zero-order valence-electron chi connectivity index (χ0n) is 18.3. The molecule has 0 aliphatic heterocycles. The largest absolute Gasteiger partial charge is 0.481 e. The quantitative estimate of drug-likeness (QED) is 0.284. The summed E-state index contributed by atoms with van der Waals surface area (Å²) in [5.74, 6) is 0.368. The first kappa shape index (κ1) is 25.4. The van der Waals surface area contributed by atoms with Crippen molar-refractivity contribution in [1.82, 2.24) is 14.8 Å². The molecule has 1 atom stereocenters. The van der Waals surface area contributed by atoms with Crippen molar-refractivity contribution in [2.75, 3.05) is 18.2 Å². The maximum absolute atomic E-state index is 12.5. The van der Waals surface area contributed by atoms with Crippen molar-refractivity contribution in [3.05, 3.63) is 50.6 Å². The highest BCUT2D eigenvalue weighted by Crippen LogP contribution is 2.32. The Morgan fingerprint density at radius 1 is 1.27 bits per heavy atom. The number of benzene rings is 1. The number of ether oxygens (including phenoxy) is 2. The van der Waals surface area contributed by atoms with Crippen LogP contribution in [0.2, 0.25) is 10.0 Å². The predicted octanol–water partition coefficient (Wildman–Crippen LogP) is 5.63. The summed E-state index contributed by atoms with van der Waals surface area (Å²) >= 11 is 14.8. The Balaban J connectivity index is 1.67. The Labute approximate surface area is 209 Å². The minimum absolute atomic E-state index is 0.0883. The Morgan fingerprint density at radius 2 is 2.03 bits per heavy atom. The van der Waals surface area contributed by atoms with Crippen molar-refractivity contribution in [3.8, 4) is 5.75 Å². The average Bonchev–Trinajstić information content (AvgIpc) is 3.36. The van der Waals surface area contributed by atoms with E-state index in [1.165, 1.54) is 30.2 Å². The van der Waals surface area contributed by atoms with Crippen LogP contribution in [-0.2, 0) is 16.1 Å². The van der Waals surface area contributed by atoms with Crippen molar-refractivity contribution in [2.24, 2.45) is 0 Å². The van der Waals surface area contributed by atoms with Crippen LogP contribution in [0.5, 0.6) is 5.75 Å². The van der Waals surface area contributed by atoms with Gasteiger partial charge >= 0.3 is 5.97 Å². The SMILES string of the molecule is CCn1c(SCC(=O)Nc2sc(C)cc2C(=O)OC)nnc1C(C)Oc1cc(Cl)ccc1Cl. The van der Waals surface area contributed by atoms with Crippen LogP contribution in [0.1, 0.15) is 41.0 Å². The van der Waals surface area contributed by atoms with Gasteiger partial charge in [-0.05, 0) is 39.0 Å². The number of nitrogens with zero attached hydrogens (tertiary/aromatic N) is 3. The van der Waals surface area contributed by atoms with Gasteiger partial charge in [-0.25, -0.2) is 4.79 Å². The molecule has 0 fully saturated rings. The van der Waals surface area contributed by atoms with Crippen LogP contribution in [0, 0.1) is 6.92 Å². The first-order valence-corrected chi connectivity index (χ1v) is 12.5. The molecule has 33 heavy (non-hydrogen) atoms. The second-order valence-electron chi connectivity index (χ2n) is 6.85. The van der Waals surface area contributed by atoms with Crippen LogP contribution in [0.25, 0.3) is 0 Å². The van der Waals surface area contributed by atoms with Gasteiger partial charge in [-0.15, -0.1) is 21.5 Å². The summed E-state index contributed by atoms with van der Waals surface area (Å²) in [4.78, 5) is 25.3. The van der Waals surface area contributed by atoms with E-state index < -0.39 is 12.1 Å². The van der Waals surface area contributed by atoms with E-state index in [1.807, 2.05) is 25.3 Å². The second-order valence-corrected chi connectivity index (χ2v) is 9.89. The van der Waals surface area contributed by atoms with Gasteiger partial charge in [0.2, 0.25) is 5.91 Å². The monoisotopic (exact) mass is 528 g/mol. The van der Waals surface area contributed by atoms with E-state index in [0.717, 1.165) is 4.88 Å². The highest BCUT2D eigenvalue weighted by atomic mass is 35.5. The summed E-state index contributed by atoms with van der Waals surface area (Å²) in [7, 11) is 1.30. The molecule has 2 heterocycles. The highest BCUT2D eigenvalue weighted by molar-refractivity contribution is 7.99. The molecule has 0 saturated carbocycles. The van der Waals surface area contributed by atoms with Gasteiger partial charge in [-0.3, -0.25) is 4.79 Å². The molecule has 1 N–H and O–H groups in total. The van der Waals surface area contributed by atoms with E-state index in [4.69, 9.17) is 32.7 Å². The first-order valence-electron chi connectivity index (χ1n) is 9.89. The summed E-state index contributed by atoms with van der Waals surface area (Å²) in [6, 6.07) is 6.67. The molecule has 0 aliphatic rings. The van der Waals surface area contributed by atoms with Crippen molar-refractivity contribution in [2.45, 2.75) is 38.6 Å². The van der Waals surface area contributed by atoms with Gasteiger partial charge in [0.1, 0.15) is 10.8 Å². The smallest absolute Gasteiger partial charge is 0.340 e. The van der Waals surface area contributed by atoms with Gasteiger partial charge in [0.25, 0.3) is 0 Å². The number of methoxy groups -OCH3 is 1. The first-order chi connectivity index (χ1) is 15.7. The molecule has 1 aromatic carbocycles. The number of hydrogen-bond acceptors (Lipinski definition) is 8. The number of aromatic nitrogens is 3. The van der Waals surface area contributed by atoms with Crippen molar-refractivity contribution >= 4 is 63.2 Å². The van der Waals surface area contributed by atoms with Crippen LogP contribution in [0.4, 0.5) is 5.00 Å². The van der Waals surface area contributed by atoms with Crippen LogP contribution in [-0.4, -0.2) is 39.5 Å². The van der Waals surface area contributed by atoms with Crippen molar-refractivity contribution < 1.29 is 19.1 Å². The normalized spacial score (nSPS) is 11.8. The van der Waals surface area contributed by atoms with E-state index in [2.05, 4.69) is 15.5 Å². The fourth-order valence-electron chi connectivity index (χ4n) is 2.98. The van der Waals surface area contributed by atoms with Crippen molar-refractivity contribution in [1.29, 1.82) is 0 Å². The number of rotatable bonds is 9. The zero-order valence-corrected chi connectivity index (χ0v) is 21.5. The Bertz CT molecular complexity index is 1170. The van der Waals surface area contributed by atoms with Gasteiger partial charge in [-0.2, -0.15) is 0 Å². The van der Waals surface area contributed by atoms with E-state index in [-0.39, 0.29) is 11.7 Å². The number of halogens is 2. The third-order valence-corrected chi connectivity index (χ3v) is 6.95. The summed E-state index contributed by atoms with van der Waals surface area (Å²) in [6.07, 6.45) is -0.451. The lowest BCUT2D eigenvalue weighted by molar-refractivity contribution is -0.113. The molecule has 3 rings (SSSR count). The van der Waals surface area contributed by atoms with E-state index in [0.29, 0.717) is 43.9 Å². The molecule has 0 aliphatic carbocycles. The zero-order chi connectivity index (χ0) is 24.1. The van der Waals surface area contributed by atoms with Crippen LogP contribution >= 0.6 is 46.3 Å². The summed E-state index contributed by atoms with van der Waals surface area (Å²) in [6.45, 7) is 6.22. The molecule has 0 saturated heterocycles. The second kappa shape index (κ2) is 11.2. The number of nitrogens with one attached hydrogen (secondary N) is 1. The molecule has 0 radical (unpaired) electrons. The molecule has 1 unspecified atom stereocenters. The predicted molar refractivity (Wildman–Crippen MR) is 131 cm³/mol. The molecule has 3 aromatic rings. The lowest BCUT2D eigenvalue weighted by atomic mass is 10.3. The van der Waals surface area contributed by atoms with Gasteiger partial charge in [-0.1, -0.05) is 35.0 Å². The van der Waals surface area contributed by atoms with Crippen LogP contribution in [0.15, 0.2) is 29.4 Å². The molecule has 1 amide bonds. The number of carbonyl (C=O) groups is 2. The number of thioether (sulfide) groups is 1. The topological polar surface area (TPSA) is 95.3 Å². The van der Waals surface area contributed by atoms with E-state index in [1.54, 1.807) is 24.3 Å². The van der Waals surface area contributed by atoms with Gasteiger partial charge in [0, 0.05) is 22.5 Å². The Morgan fingerprint density at radius 3 is 2.73 bits per heavy atom. The standard InChI is InChI=1S/C21H22Cl2N4O4S2/c1-5-27-18(12(3)31-16-9-13(22)6-7-15(16)23)25-26-21(27)32-10-17(28)24-19-14(20(29)30-4)8-11(2)33-19/h6-9,12H,5,10H2,1-4H3,(H,24,28). The number of amides is 1. The minimum Gasteiger partial charge on any atom is -0.481 e. The average molecular weight is 529 g/mol. The fourth-order valence-corrected chi connectivity index (χ4v) is 5.03. The molecule has 8 nitrogen and oxygen atoms in total. The third-order valence-electron chi connectivity index (χ3n) is 4.47. The number of aryl methyl sites for hydroxylation is 1. The van der Waals surface area contributed by atoms with Gasteiger partial charge in [0.15, 0.2) is 17.1 Å². The van der Waals surface area contributed by atoms with Crippen molar-refractivity contribution in [3.63, 3.8) is 0 Å².